The largest absolute Gasteiger partial charge is 0.379 e. The highest BCUT2D eigenvalue weighted by molar-refractivity contribution is 7.09. The lowest BCUT2D eigenvalue weighted by Crippen LogP contribution is -1.99. The quantitative estimate of drug-likeness (QED) is 0.894. The van der Waals surface area contributed by atoms with Crippen LogP contribution in [0.2, 0.25) is 0 Å². The van der Waals surface area contributed by atoms with E-state index < -0.39 is 0 Å². The van der Waals surface area contributed by atoms with Crippen molar-refractivity contribution in [3.63, 3.8) is 0 Å². The van der Waals surface area contributed by atoms with E-state index in [0.717, 1.165) is 17.9 Å². The molecule has 2 aromatic rings. The van der Waals surface area contributed by atoms with Crippen LogP contribution in [0, 0.1) is 0 Å². The minimum Gasteiger partial charge on any atom is -0.379 e. The molecule has 0 saturated carbocycles. The Hall–Kier alpha value is -1.06. The molecule has 2 nitrogen and oxygen atoms in total. The van der Waals surface area contributed by atoms with E-state index >= 15 is 0 Å². The monoisotopic (exact) mass is 268 g/mol. The van der Waals surface area contributed by atoms with Gasteiger partial charge in [-0.1, -0.05) is 32.0 Å². The second kappa shape index (κ2) is 6.62. The summed E-state index contributed by atoms with van der Waals surface area (Å²) in [7, 11) is 0. The summed E-state index contributed by atoms with van der Waals surface area (Å²) in [6.07, 6.45) is 0. The third-order valence-corrected chi connectivity index (χ3v) is 3.50. The first-order chi connectivity index (χ1) is 7.75. The van der Waals surface area contributed by atoms with Crippen molar-refractivity contribution < 1.29 is 0 Å². The first-order valence-electron chi connectivity index (χ1n) is 5.49. The maximum atomic E-state index is 4.58. The highest BCUT2D eigenvalue weighted by Crippen LogP contribution is 2.19. The van der Waals surface area contributed by atoms with Crippen molar-refractivity contribution in [2.75, 3.05) is 5.32 Å². The van der Waals surface area contributed by atoms with Gasteiger partial charge in [0, 0.05) is 17.0 Å². The molecule has 0 radical (unpaired) electrons. The first-order valence-corrected chi connectivity index (χ1v) is 6.37. The molecule has 92 valence electrons. The lowest BCUT2D eigenvalue weighted by molar-refractivity contribution is 0.841. The van der Waals surface area contributed by atoms with Crippen LogP contribution < -0.4 is 5.32 Å². The molecule has 0 saturated heterocycles. The van der Waals surface area contributed by atoms with Crippen LogP contribution in [0.25, 0.3) is 0 Å². The maximum absolute atomic E-state index is 4.58. The molecule has 0 aliphatic carbocycles. The maximum Gasteiger partial charge on any atom is 0.0954 e. The predicted octanol–water partition coefficient (Wildman–Crippen LogP) is 4.30. The van der Waals surface area contributed by atoms with E-state index in [1.54, 1.807) is 11.3 Å². The average Bonchev–Trinajstić information content (AvgIpc) is 2.76. The number of nitrogens with zero attached hydrogens (tertiary/aromatic N) is 1. The molecule has 0 fully saturated rings. The van der Waals surface area contributed by atoms with E-state index in [1.807, 2.05) is 18.2 Å². The van der Waals surface area contributed by atoms with Crippen LogP contribution in [-0.4, -0.2) is 4.98 Å². The molecule has 0 aliphatic heterocycles. The fourth-order valence-electron chi connectivity index (χ4n) is 1.42. The van der Waals surface area contributed by atoms with Gasteiger partial charge in [0.1, 0.15) is 0 Å². The summed E-state index contributed by atoms with van der Waals surface area (Å²) >= 11 is 1.74. The fourth-order valence-corrected chi connectivity index (χ4v) is 2.25. The number of rotatable bonds is 4. The molecule has 1 N–H and O–H groups in total. The summed E-state index contributed by atoms with van der Waals surface area (Å²) in [6, 6.07) is 10.2. The van der Waals surface area contributed by atoms with Gasteiger partial charge in [-0.25, -0.2) is 4.98 Å². The number of aromatic nitrogens is 1. The predicted molar refractivity (Wildman–Crippen MR) is 77.2 cm³/mol. The summed E-state index contributed by atoms with van der Waals surface area (Å²) in [5.74, 6) is 0.524. The van der Waals surface area contributed by atoms with Crippen LogP contribution in [0.15, 0.2) is 35.7 Å². The molecule has 1 aromatic heterocycles. The van der Waals surface area contributed by atoms with Crippen LogP contribution in [-0.2, 0) is 6.54 Å². The Labute approximate surface area is 113 Å². The Morgan fingerprint density at radius 2 is 1.94 bits per heavy atom. The van der Waals surface area contributed by atoms with Gasteiger partial charge in [-0.2, -0.15) is 0 Å². The van der Waals surface area contributed by atoms with Gasteiger partial charge < -0.3 is 5.32 Å². The summed E-state index contributed by atoms with van der Waals surface area (Å²) in [5, 5.41) is 6.70. The van der Waals surface area contributed by atoms with Crippen LogP contribution in [0.1, 0.15) is 30.5 Å². The molecule has 4 heteroatoms. The van der Waals surface area contributed by atoms with Gasteiger partial charge in [-0.3, -0.25) is 0 Å². The highest BCUT2D eigenvalue weighted by Gasteiger charge is 2.05. The van der Waals surface area contributed by atoms with E-state index in [9.17, 15) is 0 Å². The van der Waals surface area contributed by atoms with Crippen molar-refractivity contribution >= 4 is 29.4 Å². The van der Waals surface area contributed by atoms with E-state index in [0.29, 0.717) is 5.92 Å². The van der Waals surface area contributed by atoms with Gasteiger partial charge in [0.15, 0.2) is 0 Å². The van der Waals surface area contributed by atoms with Gasteiger partial charge in [0.05, 0.1) is 17.2 Å². The summed E-state index contributed by atoms with van der Waals surface area (Å²) in [6.45, 7) is 5.15. The number of nitrogens with one attached hydrogen (secondary N) is 1. The Kier molecular flexibility index (Phi) is 5.45. The normalized spacial score (nSPS) is 10.1. The SMILES string of the molecule is CC(C)c1nc(CNc2ccccc2)cs1.Cl. The minimum absolute atomic E-state index is 0. The number of halogens is 1. The average molecular weight is 269 g/mol. The second-order valence-corrected chi connectivity index (χ2v) is 4.94. The zero-order valence-electron chi connectivity index (χ0n) is 10.0. The Bertz CT molecular complexity index is 440. The molecule has 0 unspecified atom stereocenters. The van der Waals surface area contributed by atoms with Crippen molar-refractivity contribution in [2.45, 2.75) is 26.3 Å². The number of anilines is 1. The third-order valence-electron chi connectivity index (χ3n) is 2.31. The molecule has 1 heterocycles. The highest BCUT2D eigenvalue weighted by atomic mass is 35.5. The molecule has 17 heavy (non-hydrogen) atoms. The standard InChI is InChI=1S/C13H16N2S.ClH/c1-10(2)13-15-12(9-16-13)8-14-11-6-4-3-5-7-11;/h3-7,9-10,14H,8H2,1-2H3;1H. The van der Waals surface area contributed by atoms with Gasteiger partial charge in [0.25, 0.3) is 0 Å². The number of benzene rings is 1. The van der Waals surface area contributed by atoms with Crippen molar-refractivity contribution in [1.82, 2.24) is 4.98 Å². The second-order valence-electron chi connectivity index (χ2n) is 4.05. The van der Waals surface area contributed by atoms with Crippen molar-refractivity contribution in [3.05, 3.63) is 46.4 Å². The van der Waals surface area contributed by atoms with Gasteiger partial charge >= 0.3 is 0 Å². The zero-order chi connectivity index (χ0) is 11.4. The Morgan fingerprint density at radius 1 is 1.24 bits per heavy atom. The fraction of sp³-hybridized carbons (Fsp3) is 0.308. The van der Waals surface area contributed by atoms with E-state index in [2.05, 4.69) is 41.7 Å². The van der Waals surface area contributed by atoms with Crippen LogP contribution in [0.5, 0.6) is 0 Å². The van der Waals surface area contributed by atoms with Gasteiger partial charge in [0.2, 0.25) is 0 Å². The Morgan fingerprint density at radius 3 is 2.53 bits per heavy atom. The molecule has 0 spiro atoms. The lowest BCUT2D eigenvalue weighted by atomic mass is 10.2. The van der Waals surface area contributed by atoms with E-state index in [4.69, 9.17) is 0 Å². The van der Waals surface area contributed by atoms with E-state index in [1.165, 1.54) is 5.01 Å². The molecular weight excluding hydrogens is 252 g/mol. The number of hydrogen-bond acceptors (Lipinski definition) is 3. The van der Waals surface area contributed by atoms with Crippen molar-refractivity contribution in [2.24, 2.45) is 0 Å². The van der Waals surface area contributed by atoms with Crippen LogP contribution >= 0.6 is 23.7 Å². The molecule has 0 amide bonds. The topological polar surface area (TPSA) is 24.9 Å². The summed E-state index contributed by atoms with van der Waals surface area (Å²) < 4.78 is 0. The molecule has 2 rings (SSSR count). The molecule has 0 atom stereocenters. The first kappa shape index (κ1) is 14.0. The Balaban J connectivity index is 0.00000144. The molecular formula is C13H17ClN2S. The van der Waals surface area contributed by atoms with Gasteiger partial charge in [-0.05, 0) is 12.1 Å². The van der Waals surface area contributed by atoms with Crippen LogP contribution in [0.3, 0.4) is 0 Å². The number of para-hydroxylation sites is 1. The lowest BCUT2D eigenvalue weighted by Gasteiger charge is -2.03. The van der Waals surface area contributed by atoms with Crippen LogP contribution in [0.4, 0.5) is 5.69 Å². The molecule has 0 aliphatic rings. The smallest absolute Gasteiger partial charge is 0.0954 e. The summed E-state index contributed by atoms with van der Waals surface area (Å²) in [4.78, 5) is 4.58. The number of thiazole rings is 1. The number of hydrogen-bond donors (Lipinski definition) is 1. The summed E-state index contributed by atoms with van der Waals surface area (Å²) in [5.41, 5.74) is 2.26. The minimum atomic E-state index is 0. The van der Waals surface area contributed by atoms with Gasteiger partial charge in [-0.15, -0.1) is 23.7 Å². The molecule has 0 bridgehead atoms. The van der Waals surface area contributed by atoms with Crippen molar-refractivity contribution in [3.8, 4) is 0 Å². The third kappa shape index (κ3) is 4.02. The zero-order valence-corrected chi connectivity index (χ0v) is 11.6. The molecule has 1 aromatic carbocycles. The van der Waals surface area contributed by atoms with Crippen molar-refractivity contribution in [1.29, 1.82) is 0 Å². The van der Waals surface area contributed by atoms with E-state index in [-0.39, 0.29) is 12.4 Å².